The highest BCUT2D eigenvalue weighted by molar-refractivity contribution is 7.98. The number of nitrogens with one attached hydrogen (secondary N) is 2. The Hall–Kier alpha value is -0.790. The molecule has 1 aromatic rings. The Morgan fingerprint density at radius 2 is 2.25 bits per heavy atom. The number of thioether (sulfide) groups is 1. The maximum atomic E-state index is 11.8. The fraction of sp³-hybridized carbons (Fsp3) is 0.444. The Bertz CT molecular complexity index is 434. The molecule has 0 fully saturated rings. The van der Waals surface area contributed by atoms with Gasteiger partial charge in [-0.1, -0.05) is 0 Å². The van der Waals surface area contributed by atoms with Gasteiger partial charge in [0, 0.05) is 31.6 Å². The van der Waals surface area contributed by atoms with Gasteiger partial charge in [-0.05, 0) is 12.3 Å². The Balaban J connectivity index is 2.81. The smallest absolute Gasteiger partial charge is 0.240 e. The molecule has 16 heavy (non-hydrogen) atoms. The molecule has 90 valence electrons. The molecule has 5 nitrogen and oxygen atoms in total. The maximum absolute atomic E-state index is 11.8. The summed E-state index contributed by atoms with van der Waals surface area (Å²) in [7, 11) is -1.71. The predicted octanol–water partition coefficient (Wildman–Crippen LogP) is 0.765. The Morgan fingerprint density at radius 3 is 2.88 bits per heavy atom. The fourth-order valence-electron chi connectivity index (χ4n) is 1.08. The molecule has 0 saturated carbocycles. The molecular weight excluding hydrogens is 246 g/mol. The van der Waals surface area contributed by atoms with Gasteiger partial charge < -0.3 is 5.32 Å². The Morgan fingerprint density at radius 1 is 1.50 bits per heavy atom. The molecule has 2 N–H and O–H groups in total. The van der Waals surface area contributed by atoms with E-state index >= 15 is 0 Å². The van der Waals surface area contributed by atoms with E-state index in [9.17, 15) is 8.42 Å². The van der Waals surface area contributed by atoms with Crippen molar-refractivity contribution >= 4 is 27.6 Å². The zero-order valence-corrected chi connectivity index (χ0v) is 10.9. The highest BCUT2D eigenvalue weighted by Crippen LogP contribution is 2.11. The van der Waals surface area contributed by atoms with Crippen molar-refractivity contribution in [2.24, 2.45) is 0 Å². The van der Waals surface area contributed by atoms with Crippen LogP contribution in [0.2, 0.25) is 0 Å². The molecule has 0 aromatic carbocycles. The number of hydrogen-bond acceptors (Lipinski definition) is 5. The van der Waals surface area contributed by atoms with E-state index in [1.54, 1.807) is 18.8 Å². The van der Waals surface area contributed by atoms with E-state index in [-0.39, 0.29) is 4.90 Å². The molecule has 0 atom stereocenters. The van der Waals surface area contributed by atoms with Crippen molar-refractivity contribution in [3.8, 4) is 0 Å². The van der Waals surface area contributed by atoms with Crippen LogP contribution in [0.4, 0.5) is 5.82 Å². The maximum Gasteiger partial charge on any atom is 0.240 e. The van der Waals surface area contributed by atoms with Crippen LogP contribution in [0.5, 0.6) is 0 Å². The SMILES string of the molecule is CNc1cc(S(=O)(=O)NCCSC)ccn1. The van der Waals surface area contributed by atoms with Crippen LogP contribution in [0, 0.1) is 0 Å². The molecule has 0 aliphatic carbocycles. The summed E-state index contributed by atoms with van der Waals surface area (Å²) >= 11 is 1.59. The Kier molecular flexibility index (Phi) is 5.04. The van der Waals surface area contributed by atoms with E-state index in [2.05, 4.69) is 15.0 Å². The number of anilines is 1. The van der Waals surface area contributed by atoms with Gasteiger partial charge in [-0.25, -0.2) is 18.1 Å². The van der Waals surface area contributed by atoms with Crippen molar-refractivity contribution in [1.82, 2.24) is 9.71 Å². The predicted molar refractivity (Wildman–Crippen MR) is 67.4 cm³/mol. The van der Waals surface area contributed by atoms with Crippen molar-refractivity contribution in [2.45, 2.75) is 4.90 Å². The topological polar surface area (TPSA) is 71.1 Å². The minimum absolute atomic E-state index is 0.230. The van der Waals surface area contributed by atoms with E-state index < -0.39 is 10.0 Å². The minimum Gasteiger partial charge on any atom is -0.373 e. The fourth-order valence-corrected chi connectivity index (χ4v) is 2.56. The summed E-state index contributed by atoms with van der Waals surface area (Å²) < 4.78 is 26.1. The van der Waals surface area contributed by atoms with Gasteiger partial charge in [0.05, 0.1) is 4.90 Å². The van der Waals surface area contributed by atoms with Gasteiger partial charge >= 0.3 is 0 Å². The lowest BCUT2D eigenvalue weighted by Crippen LogP contribution is -2.26. The highest BCUT2D eigenvalue weighted by Gasteiger charge is 2.13. The molecule has 0 aliphatic rings. The van der Waals surface area contributed by atoms with E-state index in [0.29, 0.717) is 12.4 Å². The first-order chi connectivity index (χ1) is 7.60. The van der Waals surface area contributed by atoms with Crippen molar-refractivity contribution in [1.29, 1.82) is 0 Å². The molecule has 0 spiro atoms. The lowest BCUT2D eigenvalue weighted by atomic mass is 10.5. The van der Waals surface area contributed by atoms with Crippen LogP contribution in [0.25, 0.3) is 0 Å². The van der Waals surface area contributed by atoms with Gasteiger partial charge in [0.15, 0.2) is 0 Å². The normalized spacial score (nSPS) is 11.4. The van der Waals surface area contributed by atoms with Crippen LogP contribution < -0.4 is 10.0 Å². The summed E-state index contributed by atoms with van der Waals surface area (Å²) in [5, 5.41) is 2.80. The lowest BCUT2D eigenvalue weighted by molar-refractivity contribution is 0.584. The van der Waals surface area contributed by atoms with Crippen LogP contribution in [-0.2, 0) is 10.0 Å². The van der Waals surface area contributed by atoms with Crippen LogP contribution in [0.3, 0.4) is 0 Å². The van der Waals surface area contributed by atoms with Crippen LogP contribution in [0.1, 0.15) is 0 Å². The molecule has 7 heteroatoms. The third kappa shape index (κ3) is 3.66. The summed E-state index contributed by atoms with van der Waals surface area (Å²) in [6, 6.07) is 2.98. The zero-order chi connectivity index (χ0) is 12.0. The lowest BCUT2D eigenvalue weighted by Gasteiger charge is -2.06. The third-order valence-electron chi connectivity index (χ3n) is 1.90. The quantitative estimate of drug-likeness (QED) is 0.740. The van der Waals surface area contributed by atoms with Gasteiger partial charge in [0.1, 0.15) is 5.82 Å². The molecule has 1 heterocycles. The number of rotatable bonds is 6. The van der Waals surface area contributed by atoms with Crippen molar-refractivity contribution in [3.63, 3.8) is 0 Å². The summed E-state index contributed by atoms with van der Waals surface area (Å²) in [5.41, 5.74) is 0. The number of nitrogens with zero attached hydrogens (tertiary/aromatic N) is 1. The first-order valence-corrected chi connectivity index (χ1v) is 7.60. The third-order valence-corrected chi connectivity index (χ3v) is 3.97. The molecule has 0 radical (unpaired) electrons. The molecule has 0 unspecified atom stereocenters. The minimum atomic E-state index is -3.41. The van der Waals surface area contributed by atoms with Crippen molar-refractivity contribution in [3.05, 3.63) is 18.3 Å². The average Bonchev–Trinajstić information content (AvgIpc) is 2.29. The number of pyridine rings is 1. The molecule has 0 bridgehead atoms. The number of hydrogen-bond donors (Lipinski definition) is 2. The molecule has 0 saturated heterocycles. The van der Waals surface area contributed by atoms with Crippen molar-refractivity contribution in [2.75, 3.05) is 30.9 Å². The van der Waals surface area contributed by atoms with Crippen LogP contribution >= 0.6 is 11.8 Å². The molecule has 0 amide bonds. The highest BCUT2D eigenvalue weighted by atomic mass is 32.2. The summed E-state index contributed by atoms with van der Waals surface area (Å²) in [6.45, 7) is 0.431. The Labute approximate surface area is 100 Å². The molecule has 1 aromatic heterocycles. The van der Waals surface area contributed by atoms with E-state index in [4.69, 9.17) is 0 Å². The van der Waals surface area contributed by atoms with Gasteiger partial charge in [-0.2, -0.15) is 11.8 Å². The first kappa shape index (κ1) is 13.3. The van der Waals surface area contributed by atoms with E-state index in [1.165, 1.54) is 18.3 Å². The van der Waals surface area contributed by atoms with Crippen LogP contribution in [0.15, 0.2) is 23.2 Å². The summed E-state index contributed by atoms with van der Waals surface area (Å²) in [4.78, 5) is 4.19. The second-order valence-electron chi connectivity index (χ2n) is 3.02. The van der Waals surface area contributed by atoms with Gasteiger partial charge in [0.25, 0.3) is 0 Å². The number of sulfonamides is 1. The van der Waals surface area contributed by atoms with E-state index in [1.807, 2.05) is 6.26 Å². The first-order valence-electron chi connectivity index (χ1n) is 4.72. The van der Waals surface area contributed by atoms with Gasteiger partial charge in [-0.15, -0.1) is 0 Å². The average molecular weight is 261 g/mol. The summed E-state index contributed by atoms with van der Waals surface area (Å²) in [6.07, 6.45) is 3.40. The second-order valence-corrected chi connectivity index (χ2v) is 5.77. The summed E-state index contributed by atoms with van der Waals surface area (Å²) in [5.74, 6) is 1.29. The number of aromatic nitrogens is 1. The van der Waals surface area contributed by atoms with E-state index in [0.717, 1.165) is 5.75 Å². The van der Waals surface area contributed by atoms with Crippen molar-refractivity contribution < 1.29 is 8.42 Å². The largest absolute Gasteiger partial charge is 0.373 e. The van der Waals surface area contributed by atoms with Crippen LogP contribution in [-0.4, -0.2) is 39.0 Å². The van der Waals surface area contributed by atoms with Gasteiger partial charge in [-0.3, -0.25) is 0 Å². The molecular formula is C9H15N3O2S2. The zero-order valence-electron chi connectivity index (χ0n) is 9.23. The monoisotopic (exact) mass is 261 g/mol. The molecule has 1 rings (SSSR count). The molecule has 0 aliphatic heterocycles. The second kappa shape index (κ2) is 6.07. The van der Waals surface area contributed by atoms with Gasteiger partial charge in [0.2, 0.25) is 10.0 Å². The standard InChI is InChI=1S/C9H15N3O2S2/c1-10-9-7-8(3-4-11-9)16(13,14)12-5-6-15-2/h3-4,7,12H,5-6H2,1-2H3,(H,10,11).